The molecule has 8 nitrogen and oxygen atoms in total. The number of rotatable bonds is 1. The van der Waals surface area contributed by atoms with Gasteiger partial charge in [-0.3, -0.25) is 13.9 Å². The van der Waals surface area contributed by atoms with Crippen molar-refractivity contribution in [3.63, 3.8) is 0 Å². The number of aryl methyl sites for hydroxylation is 1. The standard InChI is InChI=1S/C7H7N5O3/c1-10-5-4(12(9-15)3-8-5)6(13)11(2)7(10)14/h3H,1-2H3. The molecule has 8 heteroatoms. The van der Waals surface area contributed by atoms with Crippen molar-refractivity contribution in [2.24, 2.45) is 19.4 Å². The Morgan fingerprint density at radius 2 is 1.93 bits per heavy atom. The fraction of sp³-hybridized carbons (Fsp3) is 0.286. The summed E-state index contributed by atoms with van der Waals surface area (Å²) >= 11 is 0. The number of hydrogen-bond donors (Lipinski definition) is 0. The molecule has 78 valence electrons. The molecule has 2 aromatic rings. The second kappa shape index (κ2) is 2.87. The van der Waals surface area contributed by atoms with Crippen molar-refractivity contribution in [2.75, 3.05) is 0 Å². The van der Waals surface area contributed by atoms with E-state index in [0.717, 1.165) is 15.6 Å². The van der Waals surface area contributed by atoms with E-state index in [4.69, 9.17) is 0 Å². The van der Waals surface area contributed by atoms with Gasteiger partial charge in [0.05, 0.1) is 5.29 Å². The molecule has 0 aliphatic carbocycles. The summed E-state index contributed by atoms with van der Waals surface area (Å²) in [5.74, 6) is 0. The van der Waals surface area contributed by atoms with Gasteiger partial charge in [0, 0.05) is 14.1 Å². The Hall–Kier alpha value is -2.25. The van der Waals surface area contributed by atoms with Gasteiger partial charge in [0.25, 0.3) is 5.56 Å². The zero-order chi connectivity index (χ0) is 11.2. The summed E-state index contributed by atoms with van der Waals surface area (Å²) in [6, 6.07) is 0. The zero-order valence-electron chi connectivity index (χ0n) is 8.04. The monoisotopic (exact) mass is 209 g/mol. The number of nitrogens with zero attached hydrogens (tertiary/aromatic N) is 5. The molecule has 0 saturated heterocycles. The van der Waals surface area contributed by atoms with Gasteiger partial charge in [-0.2, -0.15) is 4.68 Å². The molecule has 0 N–H and O–H groups in total. The first-order valence-electron chi connectivity index (χ1n) is 4.04. The largest absolute Gasteiger partial charge is 0.332 e. The van der Waals surface area contributed by atoms with Crippen LogP contribution in [0.2, 0.25) is 0 Å². The third-order valence-electron chi connectivity index (χ3n) is 2.22. The van der Waals surface area contributed by atoms with Gasteiger partial charge in [-0.1, -0.05) is 0 Å². The average molecular weight is 209 g/mol. The highest BCUT2D eigenvalue weighted by molar-refractivity contribution is 5.69. The lowest BCUT2D eigenvalue weighted by atomic mass is 10.5. The molecule has 0 aromatic carbocycles. The molecule has 15 heavy (non-hydrogen) atoms. The van der Waals surface area contributed by atoms with E-state index in [9.17, 15) is 14.5 Å². The summed E-state index contributed by atoms with van der Waals surface area (Å²) in [5, 5.41) is 2.61. The highest BCUT2D eigenvalue weighted by Gasteiger charge is 2.14. The van der Waals surface area contributed by atoms with E-state index in [1.807, 2.05) is 0 Å². The first-order chi connectivity index (χ1) is 7.07. The number of imidazole rings is 1. The number of aromatic nitrogens is 4. The van der Waals surface area contributed by atoms with Crippen LogP contribution in [0.1, 0.15) is 0 Å². The Balaban J connectivity index is 3.18. The molecule has 0 fully saturated rings. The highest BCUT2D eigenvalue weighted by atomic mass is 16.3. The predicted molar refractivity (Wildman–Crippen MR) is 51.4 cm³/mol. The van der Waals surface area contributed by atoms with Gasteiger partial charge < -0.3 is 0 Å². The molecule has 2 rings (SSSR count). The first kappa shape index (κ1) is 9.31. The van der Waals surface area contributed by atoms with Crippen LogP contribution in [0.4, 0.5) is 0 Å². The molecular weight excluding hydrogens is 202 g/mol. The van der Waals surface area contributed by atoms with E-state index in [1.54, 1.807) is 0 Å². The van der Waals surface area contributed by atoms with Crippen molar-refractivity contribution in [2.45, 2.75) is 0 Å². The summed E-state index contributed by atoms with van der Waals surface area (Å²) in [7, 11) is 2.79. The number of fused-ring (bicyclic) bond motifs is 1. The van der Waals surface area contributed by atoms with Crippen LogP contribution in [-0.4, -0.2) is 18.8 Å². The molecule has 0 spiro atoms. The van der Waals surface area contributed by atoms with Crippen molar-refractivity contribution in [1.29, 1.82) is 0 Å². The van der Waals surface area contributed by atoms with Crippen molar-refractivity contribution < 1.29 is 0 Å². The van der Waals surface area contributed by atoms with E-state index >= 15 is 0 Å². The van der Waals surface area contributed by atoms with Gasteiger partial charge in [0.1, 0.15) is 6.33 Å². The molecule has 2 aromatic heterocycles. The van der Waals surface area contributed by atoms with Gasteiger partial charge in [-0.05, 0) is 0 Å². The molecule has 0 unspecified atom stereocenters. The first-order valence-corrected chi connectivity index (χ1v) is 4.04. The number of nitroso groups, excluding NO2 is 1. The van der Waals surface area contributed by atoms with Crippen LogP contribution < -0.4 is 11.2 Å². The van der Waals surface area contributed by atoms with Gasteiger partial charge >= 0.3 is 5.69 Å². The summed E-state index contributed by atoms with van der Waals surface area (Å²) in [5.41, 5.74) is -0.953. The molecule has 0 atom stereocenters. The average Bonchev–Trinajstić information content (AvgIpc) is 2.67. The molecule has 0 bridgehead atoms. The minimum Gasteiger partial charge on any atom is -0.279 e. The maximum atomic E-state index is 11.6. The third-order valence-corrected chi connectivity index (χ3v) is 2.22. The van der Waals surface area contributed by atoms with E-state index < -0.39 is 11.2 Å². The molecule has 0 aliphatic heterocycles. The van der Waals surface area contributed by atoms with Crippen LogP contribution in [-0.2, 0) is 14.1 Å². The Kier molecular flexibility index (Phi) is 1.78. The summed E-state index contributed by atoms with van der Waals surface area (Å²) < 4.78 is 2.88. The lowest BCUT2D eigenvalue weighted by Crippen LogP contribution is -2.37. The lowest BCUT2D eigenvalue weighted by Gasteiger charge is -2.01. The minimum absolute atomic E-state index is 0.00500. The zero-order valence-corrected chi connectivity index (χ0v) is 8.04. The Morgan fingerprint density at radius 1 is 1.27 bits per heavy atom. The van der Waals surface area contributed by atoms with Crippen molar-refractivity contribution >= 4 is 11.2 Å². The maximum Gasteiger partial charge on any atom is 0.332 e. The predicted octanol–water partition coefficient (Wildman–Crippen LogP) is -1.04. The SMILES string of the molecule is Cn1c(=O)c2c(ncn2N=O)n(C)c1=O. The van der Waals surface area contributed by atoms with Crippen LogP contribution in [0.5, 0.6) is 0 Å². The van der Waals surface area contributed by atoms with Gasteiger partial charge in [0.15, 0.2) is 11.2 Å². The van der Waals surface area contributed by atoms with Gasteiger partial charge in [-0.15, -0.1) is 4.91 Å². The normalized spacial score (nSPS) is 10.8. The van der Waals surface area contributed by atoms with Gasteiger partial charge in [-0.25, -0.2) is 9.78 Å². The van der Waals surface area contributed by atoms with Crippen LogP contribution in [0.25, 0.3) is 11.2 Å². The van der Waals surface area contributed by atoms with E-state index in [-0.39, 0.29) is 11.2 Å². The van der Waals surface area contributed by atoms with Crippen LogP contribution in [0.3, 0.4) is 0 Å². The van der Waals surface area contributed by atoms with Gasteiger partial charge in [0.2, 0.25) is 0 Å². The maximum absolute atomic E-state index is 11.6. The minimum atomic E-state index is -0.592. The second-order valence-electron chi connectivity index (χ2n) is 3.05. The molecule has 0 saturated carbocycles. The van der Waals surface area contributed by atoms with Crippen LogP contribution in [0.15, 0.2) is 21.2 Å². The fourth-order valence-electron chi connectivity index (χ4n) is 1.39. The summed E-state index contributed by atoms with van der Waals surface area (Å²) in [4.78, 5) is 37.3. The van der Waals surface area contributed by atoms with E-state index in [2.05, 4.69) is 10.3 Å². The van der Waals surface area contributed by atoms with Crippen molar-refractivity contribution in [1.82, 2.24) is 18.8 Å². The number of hydrogen-bond acceptors (Lipinski definition) is 5. The Bertz CT molecular complexity index is 662. The highest BCUT2D eigenvalue weighted by Crippen LogP contribution is 2.03. The Labute approximate surface area is 82.3 Å². The molecule has 0 amide bonds. The molecule has 0 radical (unpaired) electrons. The molecule has 2 heterocycles. The second-order valence-corrected chi connectivity index (χ2v) is 3.05. The quantitative estimate of drug-likeness (QED) is 0.561. The van der Waals surface area contributed by atoms with Crippen molar-refractivity contribution in [3.05, 3.63) is 32.1 Å². The molecular formula is C7H7N5O3. The lowest BCUT2D eigenvalue weighted by molar-refractivity contribution is 0.704. The molecule has 0 aliphatic rings. The van der Waals surface area contributed by atoms with Crippen LogP contribution in [0, 0.1) is 4.91 Å². The Morgan fingerprint density at radius 3 is 2.53 bits per heavy atom. The summed E-state index contributed by atoms with van der Waals surface area (Å²) in [6.45, 7) is 0. The van der Waals surface area contributed by atoms with E-state index in [1.165, 1.54) is 18.7 Å². The third kappa shape index (κ3) is 1.04. The van der Waals surface area contributed by atoms with Crippen molar-refractivity contribution in [3.8, 4) is 0 Å². The summed E-state index contributed by atoms with van der Waals surface area (Å²) in [6.07, 6.45) is 1.10. The van der Waals surface area contributed by atoms with Crippen LogP contribution >= 0.6 is 0 Å². The van der Waals surface area contributed by atoms with E-state index in [0.29, 0.717) is 0 Å². The smallest absolute Gasteiger partial charge is 0.279 e. The topological polar surface area (TPSA) is 91.2 Å². The fourth-order valence-corrected chi connectivity index (χ4v) is 1.39.